The molecule has 0 aromatic carbocycles. The van der Waals surface area contributed by atoms with Crippen molar-refractivity contribution in [3.8, 4) is 0 Å². The second-order valence-corrected chi connectivity index (χ2v) is 6.19. The monoisotopic (exact) mass is 310 g/mol. The Labute approximate surface area is 117 Å². The maximum atomic E-state index is 12.3. The molecule has 0 aliphatic carbocycles. The Morgan fingerprint density at radius 1 is 1.50 bits per heavy atom. The van der Waals surface area contributed by atoms with E-state index in [1.165, 1.54) is 7.05 Å². The van der Waals surface area contributed by atoms with Crippen LogP contribution in [0.3, 0.4) is 0 Å². The van der Waals surface area contributed by atoms with Gasteiger partial charge in [0.25, 0.3) is 10.2 Å². The standard InChI is InChI=1S/C10H18N2O7S/c1-11(4-3-9(13)14)20(16,17)12-5-6-19-7-8(12)10(15)18-2/h8H,3-7H2,1-2H3,(H,13,14). The van der Waals surface area contributed by atoms with Gasteiger partial charge in [0.2, 0.25) is 0 Å². The van der Waals surface area contributed by atoms with Gasteiger partial charge in [0.1, 0.15) is 6.04 Å². The molecule has 1 fully saturated rings. The summed E-state index contributed by atoms with van der Waals surface area (Å²) in [5.74, 6) is -1.81. The van der Waals surface area contributed by atoms with Crippen molar-refractivity contribution in [2.45, 2.75) is 12.5 Å². The second-order valence-electron chi connectivity index (χ2n) is 4.20. The second kappa shape index (κ2) is 6.97. The van der Waals surface area contributed by atoms with E-state index in [4.69, 9.17) is 9.84 Å². The number of aliphatic carboxylic acids is 1. The molecule has 1 N–H and O–H groups in total. The zero-order valence-corrected chi connectivity index (χ0v) is 12.1. The van der Waals surface area contributed by atoms with Crippen molar-refractivity contribution in [1.82, 2.24) is 8.61 Å². The minimum absolute atomic E-state index is 0.0134. The van der Waals surface area contributed by atoms with Gasteiger partial charge in [0.05, 0.1) is 26.7 Å². The molecule has 1 aliphatic rings. The molecule has 1 aliphatic heterocycles. The molecule has 1 saturated heterocycles. The highest BCUT2D eigenvalue weighted by Crippen LogP contribution is 2.16. The van der Waals surface area contributed by atoms with E-state index in [9.17, 15) is 18.0 Å². The zero-order chi connectivity index (χ0) is 15.3. The Hall–Kier alpha value is -1.23. The fraction of sp³-hybridized carbons (Fsp3) is 0.800. The fourth-order valence-corrected chi connectivity index (χ4v) is 3.19. The molecule has 0 spiro atoms. The number of carboxylic acid groups (broad SMARTS) is 1. The van der Waals surface area contributed by atoms with E-state index >= 15 is 0 Å². The van der Waals surface area contributed by atoms with E-state index in [2.05, 4.69) is 4.74 Å². The lowest BCUT2D eigenvalue weighted by Gasteiger charge is -2.35. The maximum Gasteiger partial charge on any atom is 0.326 e. The third-order valence-electron chi connectivity index (χ3n) is 2.88. The largest absolute Gasteiger partial charge is 0.481 e. The van der Waals surface area contributed by atoms with E-state index < -0.39 is 28.2 Å². The Bertz CT molecular complexity index is 464. The number of hydrogen-bond donors (Lipinski definition) is 1. The summed E-state index contributed by atoms with van der Waals surface area (Å²) in [6.45, 7) is -0.0827. The van der Waals surface area contributed by atoms with E-state index in [1.54, 1.807) is 0 Å². The Morgan fingerprint density at radius 2 is 2.15 bits per heavy atom. The lowest BCUT2D eigenvalue weighted by Crippen LogP contribution is -2.56. The fourth-order valence-electron chi connectivity index (χ4n) is 1.73. The highest BCUT2D eigenvalue weighted by molar-refractivity contribution is 7.86. The molecular weight excluding hydrogens is 292 g/mol. The van der Waals surface area contributed by atoms with Crippen molar-refractivity contribution < 1.29 is 32.6 Å². The summed E-state index contributed by atoms with van der Waals surface area (Å²) in [5, 5.41) is 8.59. The summed E-state index contributed by atoms with van der Waals surface area (Å²) in [6.07, 6.45) is -0.317. The summed E-state index contributed by atoms with van der Waals surface area (Å²) in [5.41, 5.74) is 0. The van der Waals surface area contributed by atoms with E-state index in [-0.39, 0.29) is 32.7 Å². The molecule has 1 rings (SSSR count). The quantitative estimate of drug-likeness (QED) is 0.595. The van der Waals surface area contributed by atoms with Crippen molar-refractivity contribution in [3.05, 3.63) is 0 Å². The van der Waals surface area contributed by atoms with Crippen LogP contribution in [0.1, 0.15) is 6.42 Å². The molecular formula is C10H18N2O7S. The molecule has 0 saturated carbocycles. The van der Waals surface area contributed by atoms with Crippen LogP contribution in [-0.2, 0) is 29.3 Å². The van der Waals surface area contributed by atoms with Gasteiger partial charge >= 0.3 is 11.9 Å². The number of rotatable bonds is 6. The number of nitrogens with zero attached hydrogens (tertiary/aromatic N) is 2. The predicted octanol–water partition coefficient (Wildman–Crippen LogP) is -1.49. The van der Waals surface area contributed by atoms with Crippen LogP contribution in [0.2, 0.25) is 0 Å². The van der Waals surface area contributed by atoms with Crippen LogP contribution in [0.4, 0.5) is 0 Å². The van der Waals surface area contributed by atoms with Crippen LogP contribution in [0.15, 0.2) is 0 Å². The van der Waals surface area contributed by atoms with Crippen molar-refractivity contribution in [2.75, 3.05) is 40.5 Å². The molecule has 0 amide bonds. The third kappa shape index (κ3) is 3.88. The Kier molecular flexibility index (Phi) is 5.87. The molecule has 1 atom stereocenters. The van der Waals surface area contributed by atoms with Gasteiger partial charge in [-0.1, -0.05) is 0 Å². The Morgan fingerprint density at radius 3 is 2.70 bits per heavy atom. The third-order valence-corrected chi connectivity index (χ3v) is 4.88. The zero-order valence-electron chi connectivity index (χ0n) is 11.3. The molecule has 10 heteroatoms. The molecule has 0 aromatic heterocycles. The number of methoxy groups -OCH3 is 1. The number of esters is 1. The molecule has 0 radical (unpaired) electrons. The summed E-state index contributed by atoms with van der Waals surface area (Å²) >= 11 is 0. The van der Waals surface area contributed by atoms with Crippen LogP contribution >= 0.6 is 0 Å². The first-order valence-corrected chi connectivity index (χ1v) is 7.31. The smallest absolute Gasteiger partial charge is 0.326 e. The van der Waals surface area contributed by atoms with Crippen LogP contribution in [0, 0.1) is 0 Å². The van der Waals surface area contributed by atoms with E-state index in [0.717, 1.165) is 15.7 Å². The number of carbonyl (C=O) groups is 2. The molecule has 1 unspecified atom stereocenters. The number of ether oxygens (including phenoxy) is 2. The van der Waals surface area contributed by atoms with Gasteiger partial charge in [-0.25, -0.2) is 0 Å². The predicted molar refractivity (Wildman–Crippen MR) is 67.1 cm³/mol. The number of hydrogen-bond acceptors (Lipinski definition) is 6. The topological polar surface area (TPSA) is 113 Å². The van der Waals surface area contributed by atoms with Gasteiger partial charge in [0.15, 0.2) is 0 Å². The van der Waals surface area contributed by atoms with Gasteiger partial charge in [-0.15, -0.1) is 0 Å². The average molecular weight is 310 g/mol. The molecule has 9 nitrogen and oxygen atoms in total. The summed E-state index contributed by atoms with van der Waals surface area (Å²) in [6, 6.07) is -1.05. The van der Waals surface area contributed by atoms with E-state index in [0.29, 0.717) is 0 Å². The summed E-state index contributed by atoms with van der Waals surface area (Å²) < 4.78 is 36.2. The van der Waals surface area contributed by atoms with Crippen molar-refractivity contribution in [3.63, 3.8) is 0 Å². The first-order valence-electron chi connectivity index (χ1n) is 5.91. The first kappa shape index (κ1) is 16.8. The van der Waals surface area contributed by atoms with Gasteiger partial charge in [0, 0.05) is 20.1 Å². The van der Waals surface area contributed by atoms with E-state index in [1.807, 2.05) is 0 Å². The maximum absolute atomic E-state index is 12.3. The highest BCUT2D eigenvalue weighted by Gasteiger charge is 2.40. The number of carboxylic acids is 1. The van der Waals surface area contributed by atoms with Crippen molar-refractivity contribution in [1.29, 1.82) is 0 Å². The van der Waals surface area contributed by atoms with Gasteiger partial charge in [-0.3, -0.25) is 9.59 Å². The molecule has 0 aromatic rings. The van der Waals surface area contributed by atoms with Gasteiger partial charge in [-0.05, 0) is 0 Å². The average Bonchev–Trinajstić information content (AvgIpc) is 2.43. The lowest BCUT2D eigenvalue weighted by atomic mass is 10.3. The number of morpholine rings is 1. The van der Waals surface area contributed by atoms with Gasteiger partial charge < -0.3 is 14.6 Å². The Balaban J connectivity index is 2.86. The normalized spacial score (nSPS) is 20.9. The molecule has 20 heavy (non-hydrogen) atoms. The van der Waals surface area contributed by atoms with Gasteiger partial charge in [-0.2, -0.15) is 17.0 Å². The lowest BCUT2D eigenvalue weighted by molar-refractivity contribution is -0.149. The highest BCUT2D eigenvalue weighted by atomic mass is 32.2. The van der Waals surface area contributed by atoms with Crippen LogP contribution in [0.25, 0.3) is 0 Å². The van der Waals surface area contributed by atoms with Crippen LogP contribution in [-0.4, -0.2) is 80.6 Å². The summed E-state index contributed by atoms with van der Waals surface area (Å²) in [7, 11) is -1.51. The molecule has 1 heterocycles. The van der Waals surface area contributed by atoms with Crippen molar-refractivity contribution in [2.24, 2.45) is 0 Å². The van der Waals surface area contributed by atoms with Crippen LogP contribution < -0.4 is 0 Å². The SMILES string of the molecule is COC(=O)C1COCCN1S(=O)(=O)N(C)CCC(=O)O. The summed E-state index contributed by atoms with van der Waals surface area (Å²) in [4.78, 5) is 22.1. The van der Waals surface area contributed by atoms with Crippen molar-refractivity contribution >= 4 is 22.1 Å². The first-order chi connectivity index (χ1) is 9.30. The van der Waals surface area contributed by atoms with Crippen LogP contribution in [0.5, 0.6) is 0 Å². The molecule has 116 valence electrons. The number of carbonyl (C=O) groups excluding carboxylic acids is 1. The molecule has 0 bridgehead atoms. The minimum Gasteiger partial charge on any atom is -0.481 e. The minimum atomic E-state index is -3.94.